The Morgan fingerprint density at radius 1 is 0.927 bits per heavy atom. The van der Waals surface area contributed by atoms with Crippen molar-refractivity contribution in [3.05, 3.63) is 40.6 Å². The second kappa shape index (κ2) is 14.3. The maximum Gasteiger partial charge on any atom is 0.490 e. The number of halogens is 6. The van der Waals surface area contributed by atoms with Crippen LogP contribution in [0.2, 0.25) is 0 Å². The number of hydrogen-bond acceptors (Lipinski definition) is 6. The van der Waals surface area contributed by atoms with E-state index in [0.29, 0.717) is 6.04 Å². The molecule has 2 aromatic rings. The predicted octanol–water partition coefficient (Wildman–Crippen LogP) is 4.85. The molecule has 0 aliphatic carbocycles. The van der Waals surface area contributed by atoms with Crippen LogP contribution >= 0.6 is 0 Å². The number of fused-ring (bicyclic) bond motifs is 1. The average molecular weight is 596 g/mol. The lowest BCUT2D eigenvalue weighted by molar-refractivity contribution is -0.193. The third-order valence-electron chi connectivity index (χ3n) is 7.10. The number of aliphatic hydroxyl groups excluding tert-OH is 1. The SMILES string of the molecule is Cc1cc(CN2CCC(N3CCCC(O)C3)CC2)c2ccc(C)c(C)c2n1.O=C(O)C(F)(F)F.O=C(O)C(F)(F)F. The van der Waals surface area contributed by atoms with Gasteiger partial charge in [-0.1, -0.05) is 12.1 Å². The minimum absolute atomic E-state index is 0.116. The molecule has 2 saturated heterocycles. The molecule has 14 heteroatoms. The summed E-state index contributed by atoms with van der Waals surface area (Å²) in [7, 11) is 0. The Bertz CT molecular complexity index is 1170. The maximum atomic E-state index is 10.6. The third kappa shape index (κ3) is 10.4. The van der Waals surface area contributed by atoms with Crippen LogP contribution in [0.25, 0.3) is 10.9 Å². The van der Waals surface area contributed by atoms with Crippen LogP contribution < -0.4 is 0 Å². The second-order valence-electron chi connectivity index (χ2n) is 10.2. The molecule has 4 rings (SSSR count). The Kier molecular flexibility index (Phi) is 11.9. The zero-order chi connectivity index (χ0) is 31.1. The monoisotopic (exact) mass is 595 g/mol. The van der Waals surface area contributed by atoms with Crippen molar-refractivity contribution in [3.8, 4) is 0 Å². The van der Waals surface area contributed by atoms with Crippen LogP contribution in [0.3, 0.4) is 0 Å². The van der Waals surface area contributed by atoms with Gasteiger partial charge in [-0.15, -0.1) is 0 Å². The zero-order valence-electron chi connectivity index (χ0n) is 23.0. The number of aromatic nitrogens is 1. The molecule has 0 amide bonds. The van der Waals surface area contributed by atoms with Gasteiger partial charge >= 0.3 is 24.3 Å². The molecule has 0 radical (unpaired) electrons. The first-order chi connectivity index (χ1) is 18.9. The fourth-order valence-corrected chi connectivity index (χ4v) is 4.87. The topological polar surface area (TPSA) is 114 Å². The van der Waals surface area contributed by atoms with Crippen molar-refractivity contribution < 1.29 is 51.3 Å². The van der Waals surface area contributed by atoms with Crippen LogP contribution in [0, 0.1) is 20.8 Å². The van der Waals surface area contributed by atoms with Gasteiger partial charge in [0, 0.05) is 30.2 Å². The summed E-state index contributed by atoms with van der Waals surface area (Å²) in [6.45, 7) is 11.8. The normalized spacial score (nSPS) is 19.1. The van der Waals surface area contributed by atoms with Crippen molar-refractivity contribution in [2.24, 2.45) is 0 Å². The van der Waals surface area contributed by atoms with Crippen molar-refractivity contribution in [2.45, 2.75) is 77.5 Å². The van der Waals surface area contributed by atoms with Gasteiger partial charge in [-0.05, 0) is 88.8 Å². The minimum atomic E-state index is -5.08. The minimum Gasteiger partial charge on any atom is -0.475 e. The number of β-amino-alcohol motifs (C(OH)–C–C–N with tert-alkyl or cyclic N) is 1. The van der Waals surface area contributed by atoms with E-state index in [0.717, 1.165) is 51.3 Å². The first-order valence-electron chi connectivity index (χ1n) is 13.0. The lowest BCUT2D eigenvalue weighted by Gasteiger charge is -2.41. The van der Waals surface area contributed by atoms with Gasteiger partial charge in [0.25, 0.3) is 0 Å². The van der Waals surface area contributed by atoms with Gasteiger partial charge in [-0.25, -0.2) is 9.59 Å². The molecule has 0 spiro atoms. The smallest absolute Gasteiger partial charge is 0.475 e. The molecule has 1 atom stereocenters. The van der Waals surface area contributed by atoms with Crippen LogP contribution in [-0.2, 0) is 16.1 Å². The van der Waals surface area contributed by atoms with Crippen molar-refractivity contribution in [3.63, 3.8) is 0 Å². The molecule has 2 aliphatic rings. The summed E-state index contributed by atoms with van der Waals surface area (Å²) in [5.74, 6) is -5.51. The number of piperidine rings is 2. The summed E-state index contributed by atoms with van der Waals surface area (Å²) in [5, 5.41) is 25.5. The lowest BCUT2D eigenvalue weighted by Crippen LogP contribution is -2.49. The van der Waals surface area contributed by atoms with Gasteiger partial charge in [0.15, 0.2) is 0 Å². The average Bonchev–Trinajstić information content (AvgIpc) is 2.86. The van der Waals surface area contributed by atoms with Crippen molar-refractivity contribution in [1.82, 2.24) is 14.8 Å². The number of benzene rings is 1. The fraction of sp³-hybridized carbons (Fsp3) is 0.593. The third-order valence-corrected chi connectivity index (χ3v) is 7.10. The zero-order valence-corrected chi connectivity index (χ0v) is 23.0. The molecule has 0 saturated carbocycles. The van der Waals surface area contributed by atoms with Gasteiger partial charge in [0.05, 0.1) is 11.6 Å². The number of carbonyl (C=O) groups is 2. The van der Waals surface area contributed by atoms with E-state index in [-0.39, 0.29) is 6.10 Å². The Morgan fingerprint density at radius 3 is 1.95 bits per heavy atom. The number of rotatable bonds is 3. The number of alkyl halides is 6. The first kappa shape index (κ1) is 34.2. The molecule has 2 aliphatic heterocycles. The molecule has 8 nitrogen and oxygen atoms in total. The molecule has 1 aromatic carbocycles. The number of aryl methyl sites for hydroxylation is 3. The molecular weight excluding hydrogens is 560 g/mol. The standard InChI is InChI=1S/C23H33N3O.2C2HF3O2/c1-16-6-7-22-19(13-17(2)24-23(22)18(16)3)14-25-11-8-20(9-12-25)26-10-4-5-21(27)15-26;2*3-2(4,5)1(6)7/h6-7,13,20-21,27H,4-5,8-12,14-15H2,1-3H3;2*(H,6,7). The highest BCUT2D eigenvalue weighted by Gasteiger charge is 2.39. The van der Waals surface area contributed by atoms with Gasteiger partial charge in [0.2, 0.25) is 0 Å². The molecule has 230 valence electrons. The highest BCUT2D eigenvalue weighted by molar-refractivity contribution is 5.86. The summed E-state index contributed by atoms with van der Waals surface area (Å²) in [5.41, 5.74) is 6.31. The van der Waals surface area contributed by atoms with Gasteiger partial charge in [0.1, 0.15) is 0 Å². The summed E-state index contributed by atoms with van der Waals surface area (Å²) >= 11 is 0. The predicted molar refractivity (Wildman–Crippen MR) is 138 cm³/mol. The molecule has 41 heavy (non-hydrogen) atoms. The molecule has 1 aromatic heterocycles. The van der Waals surface area contributed by atoms with Crippen LogP contribution in [0.4, 0.5) is 26.3 Å². The van der Waals surface area contributed by atoms with Crippen molar-refractivity contribution in [2.75, 3.05) is 26.2 Å². The maximum absolute atomic E-state index is 10.6. The molecule has 3 heterocycles. The van der Waals surface area contributed by atoms with Gasteiger partial charge in [-0.3, -0.25) is 14.8 Å². The van der Waals surface area contributed by atoms with E-state index < -0.39 is 24.3 Å². The van der Waals surface area contributed by atoms with E-state index in [1.54, 1.807) is 0 Å². The first-order valence-corrected chi connectivity index (χ1v) is 13.0. The number of aliphatic carboxylic acids is 2. The van der Waals surface area contributed by atoms with E-state index in [2.05, 4.69) is 48.8 Å². The molecular formula is C27H35F6N3O5. The largest absolute Gasteiger partial charge is 0.490 e. The van der Waals surface area contributed by atoms with Gasteiger partial charge < -0.3 is 15.3 Å². The Labute approximate surface area is 233 Å². The van der Waals surface area contributed by atoms with E-state index >= 15 is 0 Å². The summed E-state index contributed by atoms with van der Waals surface area (Å²) in [4.78, 5) is 27.7. The van der Waals surface area contributed by atoms with Crippen LogP contribution in [0.1, 0.15) is 48.1 Å². The second-order valence-corrected chi connectivity index (χ2v) is 10.2. The Morgan fingerprint density at radius 2 is 1.46 bits per heavy atom. The highest BCUT2D eigenvalue weighted by Crippen LogP contribution is 2.27. The number of aliphatic hydroxyl groups is 1. The van der Waals surface area contributed by atoms with E-state index in [9.17, 15) is 31.4 Å². The Hall–Kier alpha value is -2.97. The van der Waals surface area contributed by atoms with Gasteiger partial charge in [-0.2, -0.15) is 26.3 Å². The molecule has 0 bridgehead atoms. The Balaban J connectivity index is 0.000000349. The van der Waals surface area contributed by atoms with E-state index in [1.807, 2.05) is 0 Å². The van der Waals surface area contributed by atoms with Crippen molar-refractivity contribution >= 4 is 22.8 Å². The molecule has 2 fully saturated rings. The highest BCUT2D eigenvalue weighted by atomic mass is 19.4. The summed E-state index contributed by atoms with van der Waals surface area (Å²) in [6, 6.07) is 7.40. The molecule has 3 N–H and O–H groups in total. The number of carboxylic acids is 2. The fourth-order valence-electron chi connectivity index (χ4n) is 4.87. The number of hydrogen-bond donors (Lipinski definition) is 3. The number of likely N-dealkylation sites (tertiary alicyclic amines) is 2. The number of pyridine rings is 1. The quantitative estimate of drug-likeness (QED) is 0.432. The number of carboxylic acid groups (broad SMARTS) is 2. The van der Waals surface area contributed by atoms with Crippen LogP contribution in [0.5, 0.6) is 0 Å². The van der Waals surface area contributed by atoms with E-state index in [4.69, 9.17) is 24.8 Å². The van der Waals surface area contributed by atoms with Crippen LogP contribution in [-0.4, -0.2) is 92.7 Å². The summed E-state index contributed by atoms with van der Waals surface area (Å²) < 4.78 is 63.5. The summed E-state index contributed by atoms with van der Waals surface area (Å²) in [6.07, 6.45) is -5.74. The van der Waals surface area contributed by atoms with Crippen LogP contribution in [0.15, 0.2) is 18.2 Å². The van der Waals surface area contributed by atoms with E-state index in [1.165, 1.54) is 40.4 Å². The van der Waals surface area contributed by atoms with Crippen molar-refractivity contribution in [1.29, 1.82) is 0 Å². The lowest BCUT2D eigenvalue weighted by atomic mass is 9.97. The molecule has 1 unspecified atom stereocenters. The number of nitrogens with zero attached hydrogens (tertiary/aromatic N) is 3.